The van der Waals surface area contributed by atoms with Crippen LogP contribution in [0.15, 0.2) is 51.9 Å². The van der Waals surface area contributed by atoms with Gasteiger partial charge in [0.05, 0.1) is 22.6 Å². The molecule has 0 atom stereocenters. The first-order valence-corrected chi connectivity index (χ1v) is 12.0. The minimum atomic E-state index is -1.37. The molecule has 0 aliphatic carbocycles. The predicted octanol–water partition coefficient (Wildman–Crippen LogP) is 5.06. The van der Waals surface area contributed by atoms with Crippen LogP contribution in [0, 0.1) is 19.7 Å². The number of halogens is 3. The van der Waals surface area contributed by atoms with Crippen molar-refractivity contribution in [1.29, 1.82) is 0 Å². The van der Waals surface area contributed by atoms with E-state index in [0.29, 0.717) is 17.1 Å². The van der Waals surface area contributed by atoms with Gasteiger partial charge in [-0.05, 0) is 67.9 Å². The summed E-state index contributed by atoms with van der Waals surface area (Å²) in [5.41, 5.74) is 0.284. The number of benzene rings is 1. The van der Waals surface area contributed by atoms with E-state index < -0.39 is 17.0 Å². The van der Waals surface area contributed by atoms with Crippen LogP contribution in [0.2, 0.25) is 5.02 Å². The molecule has 36 heavy (non-hydrogen) atoms. The molecule has 0 unspecified atom stereocenters. The Kier molecular flexibility index (Phi) is 7.21. The maximum Gasteiger partial charge on any atom is 0.276 e. The first-order chi connectivity index (χ1) is 17.0. The Morgan fingerprint density at radius 1 is 1.17 bits per heavy atom. The first kappa shape index (κ1) is 25.9. The highest BCUT2D eigenvalue weighted by molar-refractivity contribution is 9.10. The van der Waals surface area contributed by atoms with E-state index in [2.05, 4.69) is 35.9 Å². The van der Waals surface area contributed by atoms with Crippen molar-refractivity contribution < 1.29 is 14.2 Å². The smallest absolute Gasteiger partial charge is 0.276 e. The number of aromatic nitrogens is 5. The van der Waals surface area contributed by atoms with E-state index >= 15 is 0 Å². The lowest BCUT2D eigenvalue weighted by Gasteiger charge is -2.17. The van der Waals surface area contributed by atoms with Crippen molar-refractivity contribution in [3.63, 3.8) is 0 Å². The highest BCUT2D eigenvalue weighted by atomic mass is 79.9. The molecule has 186 valence electrons. The van der Waals surface area contributed by atoms with Crippen LogP contribution >= 0.6 is 27.5 Å². The third-order valence-corrected chi connectivity index (χ3v) is 6.22. The molecule has 1 N–H and O–H groups in total. The summed E-state index contributed by atoms with van der Waals surface area (Å²) >= 11 is 9.73. The summed E-state index contributed by atoms with van der Waals surface area (Å²) in [6.45, 7) is 6.64. The minimum absolute atomic E-state index is 0.0385. The van der Waals surface area contributed by atoms with E-state index in [1.807, 2.05) is 25.1 Å². The van der Waals surface area contributed by atoms with Gasteiger partial charge in [0, 0.05) is 11.3 Å². The van der Waals surface area contributed by atoms with Gasteiger partial charge in [0.15, 0.2) is 11.6 Å². The molecule has 0 bridgehead atoms. The Balaban J connectivity index is 1.75. The zero-order chi connectivity index (χ0) is 26.2. The molecule has 4 aromatic rings. The Labute approximate surface area is 220 Å². The third kappa shape index (κ3) is 5.30. The Morgan fingerprint density at radius 3 is 2.61 bits per heavy atom. The van der Waals surface area contributed by atoms with Gasteiger partial charge in [0.2, 0.25) is 5.88 Å². The summed E-state index contributed by atoms with van der Waals surface area (Å²) in [7, 11) is 0. The topological polar surface area (TPSA) is 103 Å². The molecule has 0 fully saturated rings. The summed E-state index contributed by atoms with van der Waals surface area (Å²) in [6.07, 6.45) is 0.995. The SMILES string of the molecule is Cc1cccc(COc2nc(C)n(-c3cc(-c4nc(C(C)(C)O)ncc4F)ccc3Cl)c(=O)c2Br)n1. The lowest BCUT2D eigenvalue weighted by Crippen LogP contribution is -2.24. The third-order valence-electron chi connectivity index (χ3n) is 5.22. The first-order valence-electron chi connectivity index (χ1n) is 10.9. The second-order valence-corrected chi connectivity index (χ2v) is 9.79. The van der Waals surface area contributed by atoms with E-state index in [0.717, 1.165) is 11.9 Å². The van der Waals surface area contributed by atoms with Crippen molar-refractivity contribution in [2.45, 2.75) is 39.9 Å². The van der Waals surface area contributed by atoms with Crippen LogP contribution in [-0.4, -0.2) is 29.6 Å². The molecule has 0 spiro atoms. The number of hydrogen-bond donors (Lipinski definition) is 1. The van der Waals surface area contributed by atoms with Crippen LogP contribution in [0.4, 0.5) is 4.39 Å². The molecule has 0 amide bonds. The molecule has 0 radical (unpaired) electrons. The van der Waals surface area contributed by atoms with E-state index in [1.165, 1.54) is 30.5 Å². The number of aliphatic hydroxyl groups is 1. The second-order valence-electron chi connectivity index (χ2n) is 8.59. The van der Waals surface area contributed by atoms with Crippen molar-refractivity contribution in [3.05, 3.63) is 91.3 Å². The van der Waals surface area contributed by atoms with E-state index in [9.17, 15) is 14.3 Å². The molecular weight excluding hydrogens is 553 g/mol. The number of rotatable bonds is 6. The van der Waals surface area contributed by atoms with Gasteiger partial charge in [-0.1, -0.05) is 23.7 Å². The van der Waals surface area contributed by atoms with E-state index in [4.69, 9.17) is 16.3 Å². The summed E-state index contributed by atoms with van der Waals surface area (Å²) < 4.78 is 21.8. The van der Waals surface area contributed by atoms with Crippen molar-refractivity contribution in [2.75, 3.05) is 0 Å². The van der Waals surface area contributed by atoms with Gasteiger partial charge >= 0.3 is 0 Å². The van der Waals surface area contributed by atoms with Gasteiger partial charge in [0.1, 0.15) is 28.2 Å². The lowest BCUT2D eigenvalue weighted by atomic mass is 10.1. The van der Waals surface area contributed by atoms with Crippen LogP contribution in [-0.2, 0) is 12.2 Å². The lowest BCUT2D eigenvalue weighted by molar-refractivity contribution is 0.0686. The van der Waals surface area contributed by atoms with Crippen LogP contribution in [0.1, 0.15) is 36.9 Å². The molecule has 0 aliphatic heterocycles. The zero-order valence-electron chi connectivity index (χ0n) is 19.9. The maximum absolute atomic E-state index is 14.7. The highest BCUT2D eigenvalue weighted by Crippen LogP contribution is 2.30. The van der Waals surface area contributed by atoms with Crippen LogP contribution < -0.4 is 10.3 Å². The molecule has 3 aromatic heterocycles. The average molecular weight is 575 g/mol. The summed E-state index contributed by atoms with van der Waals surface area (Å²) in [4.78, 5) is 30.2. The number of nitrogens with zero attached hydrogens (tertiary/aromatic N) is 5. The van der Waals surface area contributed by atoms with Gasteiger partial charge < -0.3 is 9.84 Å². The van der Waals surface area contributed by atoms with Crippen molar-refractivity contribution in [1.82, 2.24) is 24.5 Å². The summed E-state index contributed by atoms with van der Waals surface area (Å²) in [5, 5.41) is 10.5. The quantitative estimate of drug-likeness (QED) is 0.343. The average Bonchev–Trinajstić information content (AvgIpc) is 2.81. The Bertz CT molecular complexity index is 1520. The number of ether oxygens (including phenoxy) is 1. The molecule has 0 aliphatic rings. The molecule has 4 rings (SSSR count). The number of aryl methyl sites for hydroxylation is 2. The number of pyridine rings is 1. The van der Waals surface area contributed by atoms with Gasteiger partial charge in [-0.15, -0.1) is 0 Å². The zero-order valence-corrected chi connectivity index (χ0v) is 22.2. The second kappa shape index (κ2) is 10.0. The Hall–Kier alpha value is -3.21. The number of hydrogen-bond acceptors (Lipinski definition) is 7. The molecule has 11 heteroatoms. The Morgan fingerprint density at radius 2 is 1.92 bits per heavy atom. The normalized spacial score (nSPS) is 11.6. The molecular formula is C25H22BrClFN5O3. The summed E-state index contributed by atoms with van der Waals surface area (Å²) in [5.74, 6) is -0.221. The fourth-order valence-corrected chi connectivity index (χ4v) is 4.06. The molecule has 1 aromatic carbocycles. The standard InChI is InChI=1S/C25H22BrClFN5O3/c1-13-6-5-7-16(30-13)12-36-22-20(26)23(34)33(14(2)31-22)19-10-15(8-9-17(19)27)21-18(28)11-29-24(32-21)25(3,4)35/h5-11,35H,12H2,1-4H3. The van der Waals surface area contributed by atoms with Crippen LogP contribution in [0.5, 0.6) is 5.88 Å². The molecule has 0 saturated carbocycles. The van der Waals surface area contributed by atoms with Crippen LogP contribution in [0.25, 0.3) is 16.9 Å². The summed E-state index contributed by atoms with van der Waals surface area (Å²) in [6, 6.07) is 10.2. The van der Waals surface area contributed by atoms with Crippen molar-refractivity contribution >= 4 is 27.5 Å². The van der Waals surface area contributed by atoms with Gasteiger partial charge in [-0.3, -0.25) is 14.3 Å². The van der Waals surface area contributed by atoms with Crippen LogP contribution in [0.3, 0.4) is 0 Å². The van der Waals surface area contributed by atoms with Gasteiger partial charge in [0.25, 0.3) is 5.56 Å². The van der Waals surface area contributed by atoms with E-state index in [1.54, 1.807) is 13.0 Å². The highest BCUT2D eigenvalue weighted by Gasteiger charge is 2.23. The largest absolute Gasteiger partial charge is 0.470 e. The molecule has 0 saturated heterocycles. The fourth-order valence-electron chi connectivity index (χ4n) is 3.48. The fraction of sp³-hybridized carbons (Fsp3) is 0.240. The minimum Gasteiger partial charge on any atom is -0.470 e. The van der Waals surface area contributed by atoms with E-state index in [-0.39, 0.29) is 39.2 Å². The maximum atomic E-state index is 14.7. The van der Waals surface area contributed by atoms with Gasteiger partial charge in [-0.25, -0.2) is 14.4 Å². The van der Waals surface area contributed by atoms with Gasteiger partial charge in [-0.2, -0.15) is 4.98 Å². The molecule has 3 heterocycles. The monoisotopic (exact) mass is 573 g/mol. The predicted molar refractivity (Wildman–Crippen MR) is 137 cm³/mol. The molecule has 8 nitrogen and oxygen atoms in total. The van der Waals surface area contributed by atoms with Crippen molar-refractivity contribution in [3.8, 4) is 22.8 Å². The van der Waals surface area contributed by atoms with Crippen molar-refractivity contribution in [2.24, 2.45) is 0 Å².